The Morgan fingerprint density at radius 1 is 0.926 bits per heavy atom. The van der Waals surface area contributed by atoms with Crippen molar-refractivity contribution in [3.8, 4) is 5.75 Å². The van der Waals surface area contributed by atoms with E-state index >= 15 is 0 Å². The summed E-state index contributed by atoms with van der Waals surface area (Å²) in [6.07, 6.45) is 1.05. The maximum absolute atomic E-state index is 5.91. The van der Waals surface area contributed by atoms with Crippen molar-refractivity contribution in [2.24, 2.45) is 0 Å². The van der Waals surface area contributed by atoms with E-state index in [1.807, 2.05) is 48.5 Å². The molecule has 3 aromatic carbocycles. The summed E-state index contributed by atoms with van der Waals surface area (Å²) in [4.78, 5) is 0.714. The van der Waals surface area contributed by atoms with Crippen LogP contribution in [0.3, 0.4) is 0 Å². The van der Waals surface area contributed by atoms with Crippen molar-refractivity contribution in [3.63, 3.8) is 0 Å². The van der Waals surface area contributed by atoms with E-state index in [-0.39, 0.29) is 0 Å². The summed E-state index contributed by atoms with van der Waals surface area (Å²) in [6.45, 7) is 3.35. The van der Waals surface area contributed by atoms with Gasteiger partial charge in [-0.25, -0.2) is 0 Å². The number of ether oxygens (including phenoxy) is 1. The summed E-state index contributed by atoms with van der Waals surface area (Å²) in [7, 11) is 0. The normalized spacial score (nSPS) is 10.4. The number of aryl methyl sites for hydroxylation is 1. The predicted molar refractivity (Wildman–Crippen MR) is 117 cm³/mol. The number of benzene rings is 3. The molecule has 0 aliphatic heterocycles. The number of thiocarbonyl (C=S) groups is 1. The monoisotopic (exact) mass is 395 g/mol. The molecule has 0 saturated carbocycles. The highest BCUT2D eigenvalue weighted by Gasteiger charge is 2.04. The van der Waals surface area contributed by atoms with Gasteiger partial charge in [0, 0.05) is 17.1 Å². The van der Waals surface area contributed by atoms with Crippen LogP contribution in [0.4, 0.5) is 0 Å². The summed E-state index contributed by atoms with van der Waals surface area (Å²) in [5, 5.41) is 4.04. The maximum Gasteiger partial charge on any atom is 0.120 e. The highest BCUT2D eigenvalue weighted by atomic mass is 35.5. The topological polar surface area (TPSA) is 21.3 Å². The molecule has 0 radical (unpaired) electrons. The van der Waals surface area contributed by atoms with Crippen LogP contribution in [0, 0.1) is 0 Å². The van der Waals surface area contributed by atoms with Crippen LogP contribution in [0.25, 0.3) is 0 Å². The van der Waals surface area contributed by atoms with Gasteiger partial charge in [0.1, 0.15) is 17.3 Å². The molecule has 0 atom stereocenters. The Kier molecular flexibility index (Phi) is 6.86. The third-order valence-corrected chi connectivity index (χ3v) is 4.93. The van der Waals surface area contributed by atoms with Crippen LogP contribution in [0.2, 0.25) is 5.02 Å². The van der Waals surface area contributed by atoms with Crippen LogP contribution in [0.15, 0.2) is 72.8 Å². The summed E-state index contributed by atoms with van der Waals surface area (Å²) >= 11 is 11.4. The molecule has 2 nitrogen and oxygen atoms in total. The van der Waals surface area contributed by atoms with Gasteiger partial charge in [-0.05, 0) is 47.4 Å². The van der Waals surface area contributed by atoms with E-state index in [1.54, 1.807) is 0 Å². The van der Waals surface area contributed by atoms with Gasteiger partial charge in [-0.3, -0.25) is 0 Å². The molecule has 0 aromatic heterocycles. The lowest BCUT2D eigenvalue weighted by atomic mass is 10.1. The fourth-order valence-electron chi connectivity index (χ4n) is 2.65. The van der Waals surface area contributed by atoms with Crippen LogP contribution >= 0.6 is 23.8 Å². The molecule has 0 saturated heterocycles. The van der Waals surface area contributed by atoms with Crippen molar-refractivity contribution >= 4 is 28.8 Å². The molecule has 0 spiro atoms. The van der Waals surface area contributed by atoms with E-state index in [1.165, 1.54) is 11.1 Å². The first-order chi connectivity index (χ1) is 13.1. The summed E-state index contributed by atoms with van der Waals surface area (Å²) in [5.74, 6) is 0.791. The number of hydrogen-bond acceptors (Lipinski definition) is 2. The molecule has 0 unspecified atom stereocenters. The molecule has 0 bridgehead atoms. The molecular formula is C23H22ClNOS. The fourth-order valence-corrected chi connectivity index (χ4v) is 2.98. The zero-order chi connectivity index (χ0) is 19.1. The number of nitrogens with one attached hydrogen (secondary N) is 1. The zero-order valence-electron chi connectivity index (χ0n) is 15.2. The first-order valence-electron chi connectivity index (χ1n) is 8.97. The average molecular weight is 396 g/mol. The minimum absolute atomic E-state index is 0.491. The summed E-state index contributed by atoms with van der Waals surface area (Å²) in [5.41, 5.74) is 4.57. The van der Waals surface area contributed by atoms with Gasteiger partial charge in [-0.1, -0.05) is 79.3 Å². The second kappa shape index (κ2) is 9.54. The van der Waals surface area contributed by atoms with Gasteiger partial charge in [0.05, 0.1) is 0 Å². The van der Waals surface area contributed by atoms with E-state index in [9.17, 15) is 0 Å². The van der Waals surface area contributed by atoms with Crippen molar-refractivity contribution in [1.29, 1.82) is 0 Å². The van der Waals surface area contributed by atoms with Crippen LogP contribution in [0.5, 0.6) is 5.75 Å². The standard InChI is InChI=1S/C23H22ClNOS/c1-2-17-6-8-18(9-7-17)15-25-23(27)20-4-3-5-22(14-20)26-16-19-10-12-21(24)13-11-19/h3-14H,2,15-16H2,1H3,(H,25,27). The molecule has 27 heavy (non-hydrogen) atoms. The molecule has 0 heterocycles. The van der Waals surface area contributed by atoms with Gasteiger partial charge in [-0.2, -0.15) is 0 Å². The maximum atomic E-state index is 5.91. The van der Waals surface area contributed by atoms with Crippen molar-refractivity contribution in [1.82, 2.24) is 5.32 Å². The molecule has 0 fully saturated rings. The Morgan fingerprint density at radius 3 is 2.30 bits per heavy atom. The number of hydrogen-bond donors (Lipinski definition) is 1. The van der Waals surface area contributed by atoms with Crippen LogP contribution in [0.1, 0.15) is 29.2 Å². The smallest absolute Gasteiger partial charge is 0.120 e. The molecule has 0 amide bonds. The Hall–Kier alpha value is -2.36. The third kappa shape index (κ3) is 5.81. The van der Waals surface area contributed by atoms with E-state index in [2.05, 4.69) is 36.5 Å². The SMILES string of the molecule is CCc1ccc(CNC(=S)c2cccc(OCc3ccc(Cl)cc3)c2)cc1. The zero-order valence-corrected chi connectivity index (χ0v) is 16.8. The van der Waals surface area contributed by atoms with Gasteiger partial charge in [0.25, 0.3) is 0 Å². The largest absolute Gasteiger partial charge is 0.489 e. The summed E-state index contributed by atoms with van der Waals surface area (Å²) in [6, 6.07) is 24.1. The predicted octanol–water partition coefficient (Wildman–Crippen LogP) is 5.95. The second-order valence-corrected chi connectivity index (χ2v) is 7.14. The molecule has 1 N–H and O–H groups in total. The minimum Gasteiger partial charge on any atom is -0.489 e. The lowest BCUT2D eigenvalue weighted by Crippen LogP contribution is -2.21. The van der Waals surface area contributed by atoms with Gasteiger partial charge in [0.15, 0.2) is 0 Å². The Morgan fingerprint density at radius 2 is 1.59 bits per heavy atom. The molecule has 0 aliphatic rings. The van der Waals surface area contributed by atoms with Crippen LogP contribution < -0.4 is 10.1 Å². The Labute approximate surface area is 171 Å². The van der Waals surface area contributed by atoms with E-state index in [0.29, 0.717) is 18.1 Å². The highest BCUT2D eigenvalue weighted by molar-refractivity contribution is 7.80. The van der Waals surface area contributed by atoms with E-state index < -0.39 is 0 Å². The van der Waals surface area contributed by atoms with Crippen molar-refractivity contribution in [2.45, 2.75) is 26.5 Å². The van der Waals surface area contributed by atoms with Crippen LogP contribution in [-0.2, 0) is 19.6 Å². The Bertz CT molecular complexity index is 891. The lowest BCUT2D eigenvalue weighted by Gasteiger charge is -2.11. The first-order valence-corrected chi connectivity index (χ1v) is 9.76. The van der Waals surface area contributed by atoms with Crippen molar-refractivity contribution < 1.29 is 4.74 Å². The molecule has 0 aliphatic carbocycles. The van der Waals surface area contributed by atoms with E-state index in [4.69, 9.17) is 28.6 Å². The molecule has 3 aromatic rings. The molecule has 138 valence electrons. The molecule has 4 heteroatoms. The fraction of sp³-hybridized carbons (Fsp3) is 0.174. The number of rotatable bonds is 7. The average Bonchev–Trinajstić information content (AvgIpc) is 2.72. The van der Waals surface area contributed by atoms with Crippen LogP contribution in [-0.4, -0.2) is 4.99 Å². The first kappa shape index (κ1) is 19.4. The number of halogens is 1. The molecular weight excluding hydrogens is 374 g/mol. The minimum atomic E-state index is 0.491. The highest BCUT2D eigenvalue weighted by Crippen LogP contribution is 2.17. The van der Waals surface area contributed by atoms with Gasteiger partial charge < -0.3 is 10.1 Å². The van der Waals surface area contributed by atoms with Gasteiger partial charge in [-0.15, -0.1) is 0 Å². The quantitative estimate of drug-likeness (QED) is 0.499. The van der Waals surface area contributed by atoms with E-state index in [0.717, 1.165) is 28.3 Å². The molecule has 3 rings (SSSR count). The van der Waals surface area contributed by atoms with Gasteiger partial charge >= 0.3 is 0 Å². The summed E-state index contributed by atoms with van der Waals surface area (Å²) < 4.78 is 5.88. The lowest BCUT2D eigenvalue weighted by molar-refractivity contribution is 0.306. The van der Waals surface area contributed by atoms with Crippen molar-refractivity contribution in [3.05, 3.63) is 100 Å². The second-order valence-electron chi connectivity index (χ2n) is 6.30. The third-order valence-electron chi connectivity index (χ3n) is 4.30. The van der Waals surface area contributed by atoms with Gasteiger partial charge in [0.2, 0.25) is 0 Å². The Balaban J connectivity index is 1.56. The van der Waals surface area contributed by atoms with Crippen molar-refractivity contribution in [2.75, 3.05) is 0 Å².